The number of aromatic nitrogens is 2. The Morgan fingerprint density at radius 3 is 2.33 bits per heavy atom. The molecule has 23 nitrogen and oxygen atoms in total. The number of anilines is 1. The van der Waals surface area contributed by atoms with Crippen LogP contribution in [0.5, 0.6) is 5.75 Å². The van der Waals surface area contributed by atoms with Crippen molar-refractivity contribution in [1.82, 2.24) is 35.3 Å². The lowest BCUT2D eigenvalue weighted by molar-refractivity contribution is -0.172. The van der Waals surface area contributed by atoms with Crippen LogP contribution < -0.4 is 37.3 Å². The summed E-state index contributed by atoms with van der Waals surface area (Å²) >= 11 is 0. The van der Waals surface area contributed by atoms with E-state index in [9.17, 15) is 48.3 Å². The molecule has 2 aromatic carbocycles. The number of rotatable bonds is 21. The number of benzene rings is 2. The molecule has 76 heavy (non-hydrogen) atoms. The average molecular weight is 1050 g/mol. The molecular weight excluding hydrogens is 987 g/mol. The number of ether oxygens (including phenoxy) is 4. The van der Waals surface area contributed by atoms with Gasteiger partial charge in [0.1, 0.15) is 44.3 Å². The number of nitrogens with zero attached hydrogens (tertiary/aromatic N) is 4. The van der Waals surface area contributed by atoms with Gasteiger partial charge in [-0.05, 0) is 79.1 Å². The number of carbonyl (C=O) groups is 8. The van der Waals surface area contributed by atoms with Gasteiger partial charge in [0.15, 0.2) is 11.4 Å². The highest BCUT2D eigenvalue weighted by molar-refractivity contribution is 5.98. The van der Waals surface area contributed by atoms with Crippen LogP contribution in [0.4, 0.5) is 20.1 Å². The molecule has 3 aliphatic rings. The number of urea groups is 1. The molecule has 0 aliphatic carbocycles. The van der Waals surface area contributed by atoms with Crippen LogP contribution in [0.25, 0.3) is 22.3 Å². The van der Waals surface area contributed by atoms with Gasteiger partial charge in [-0.25, -0.2) is 24.2 Å². The number of likely N-dealkylation sites (N-methyl/N-ethyl adjacent to an activating group) is 1. The monoisotopic (exact) mass is 1050 g/mol. The summed E-state index contributed by atoms with van der Waals surface area (Å²) in [6.07, 6.45) is -0.271. The molecule has 2 aromatic heterocycles. The second kappa shape index (κ2) is 23.7. The number of pyridine rings is 2. The van der Waals surface area contributed by atoms with Crippen LogP contribution in [0.3, 0.4) is 0 Å². The number of nitrogens with one attached hydrogen (secondary N) is 4. The van der Waals surface area contributed by atoms with E-state index in [1.165, 1.54) is 9.80 Å². The van der Waals surface area contributed by atoms with Crippen molar-refractivity contribution in [3.05, 3.63) is 86.7 Å². The minimum Gasteiger partial charge on any atom is -0.458 e. The van der Waals surface area contributed by atoms with Crippen molar-refractivity contribution in [2.75, 3.05) is 45.2 Å². The third kappa shape index (κ3) is 12.3. The van der Waals surface area contributed by atoms with Gasteiger partial charge < -0.3 is 65.4 Å². The highest BCUT2D eigenvalue weighted by Gasteiger charge is 2.46. The number of hydrogen-bond acceptors (Lipinski definition) is 15. The Balaban J connectivity index is 0.898. The number of esters is 1. The molecule has 406 valence electrons. The van der Waals surface area contributed by atoms with Gasteiger partial charge in [-0.1, -0.05) is 53.7 Å². The molecule has 0 unspecified atom stereocenters. The van der Waals surface area contributed by atoms with E-state index < -0.39 is 66.2 Å². The number of likely N-dealkylation sites (tertiary alicyclic amines) is 1. The topological polar surface area (TPSA) is 309 Å². The van der Waals surface area contributed by atoms with E-state index in [1.54, 1.807) is 94.8 Å². The maximum atomic E-state index is 13.7. The van der Waals surface area contributed by atoms with Crippen LogP contribution in [-0.4, -0.2) is 130 Å². The van der Waals surface area contributed by atoms with Gasteiger partial charge in [-0.2, -0.15) is 0 Å². The van der Waals surface area contributed by atoms with Crippen molar-refractivity contribution in [3.8, 4) is 17.1 Å². The fraction of sp³-hybridized carbons (Fsp3) is 0.472. The Morgan fingerprint density at radius 2 is 1.67 bits per heavy atom. The number of primary amides is 1. The zero-order valence-corrected chi connectivity index (χ0v) is 43.6. The molecule has 3 aliphatic heterocycles. The Hall–Kier alpha value is -7.92. The average Bonchev–Trinajstić information content (AvgIpc) is 3.79. The molecule has 7 amide bonds. The first kappa shape index (κ1) is 55.8. The van der Waals surface area contributed by atoms with Crippen LogP contribution in [-0.2, 0) is 70.0 Å². The summed E-state index contributed by atoms with van der Waals surface area (Å²) < 4.78 is 23.3. The second-order valence-electron chi connectivity index (χ2n) is 19.7. The van der Waals surface area contributed by atoms with E-state index in [2.05, 4.69) is 21.3 Å². The largest absolute Gasteiger partial charge is 0.458 e. The summed E-state index contributed by atoms with van der Waals surface area (Å²) in [6, 6.07) is 10.0. The van der Waals surface area contributed by atoms with Gasteiger partial charge in [0.05, 0.1) is 35.1 Å². The molecule has 0 radical (unpaired) electrons. The predicted molar refractivity (Wildman–Crippen MR) is 274 cm³/mol. The van der Waals surface area contributed by atoms with Gasteiger partial charge in [-0.3, -0.25) is 24.0 Å². The van der Waals surface area contributed by atoms with Crippen molar-refractivity contribution < 1.29 is 62.4 Å². The predicted octanol–water partition coefficient (Wildman–Crippen LogP) is 3.35. The van der Waals surface area contributed by atoms with Crippen LogP contribution in [0, 0.1) is 11.8 Å². The molecule has 0 spiro atoms. The molecule has 7 rings (SSSR count). The molecule has 1 saturated heterocycles. The standard InChI is InChI=1S/C53H65N9O14/c1-8-34-35-19-33(16-17-39(35)57-45-36(34)23-62-41(45)20-38-37(48(62)67)25-74-49(68)53(38,72)9-2)76-51(70)60(7)32-21-61(22-32)52(71)75-24-30-12-14-31(15-13-30)56-46(65)40(11-10-18-55-50(54)69)58-47(66)44(29(5)6)59-43(64)27-73-26-42(63)28(3)4/h12-17,19-20,28-29,32,40,44,72H,8-11,18,21-27H2,1-7H3,(H,56,65)(H,58,66)(H,59,64)(H3,54,55,69)/t40-,44-,53-/m0/s1. The van der Waals surface area contributed by atoms with Crippen molar-refractivity contribution in [3.63, 3.8) is 0 Å². The third-order valence-electron chi connectivity index (χ3n) is 13.9. The van der Waals surface area contributed by atoms with Gasteiger partial charge >= 0.3 is 24.2 Å². The zero-order chi connectivity index (χ0) is 55.2. The number of cyclic esters (lactones) is 1. The van der Waals surface area contributed by atoms with Crippen molar-refractivity contribution in [1.29, 1.82) is 0 Å². The second-order valence-corrected chi connectivity index (χ2v) is 19.7. The summed E-state index contributed by atoms with van der Waals surface area (Å²) in [4.78, 5) is 123. The minimum atomic E-state index is -1.95. The number of aliphatic hydroxyl groups is 1. The van der Waals surface area contributed by atoms with Gasteiger partial charge in [-0.15, -0.1) is 0 Å². The van der Waals surface area contributed by atoms with E-state index in [-0.39, 0.29) is 111 Å². The minimum absolute atomic E-state index is 0.0284. The lowest BCUT2D eigenvalue weighted by atomic mass is 9.86. The quantitative estimate of drug-likeness (QED) is 0.0454. The molecule has 0 saturated carbocycles. The molecule has 7 N–H and O–H groups in total. The molecule has 4 aromatic rings. The fourth-order valence-corrected chi connectivity index (χ4v) is 9.14. The lowest BCUT2D eigenvalue weighted by Gasteiger charge is -2.42. The summed E-state index contributed by atoms with van der Waals surface area (Å²) in [7, 11) is 1.58. The van der Waals surface area contributed by atoms with Crippen LogP contribution in [0.15, 0.2) is 53.3 Å². The number of amides is 7. The van der Waals surface area contributed by atoms with Crippen molar-refractivity contribution in [2.45, 2.75) is 111 Å². The first-order chi connectivity index (χ1) is 36.1. The maximum Gasteiger partial charge on any atom is 0.415 e. The normalized spacial score (nSPS) is 16.3. The number of Topliss-reactive ketones (excluding diaryl/α,β-unsaturated/α-hetero) is 1. The fourth-order valence-electron chi connectivity index (χ4n) is 9.14. The third-order valence-corrected chi connectivity index (χ3v) is 13.9. The number of carbonyl (C=O) groups excluding carboxylic acids is 8. The van der Waals surface area contributed by atoms with Crippen molar-refractivity contribution >= 4 is 64.3 Å². The summed E-state index contributed by atoms with van der Waals surface area (Å²) in [5, 5.41) is 22.5. The van der Waals surface area contributed by atoms with E-state index >= 15 is 0 Å². The molecule has 3 atom stereocenters. The first-order valence-corrected chi connectivity index (χ1v) is 25.3. The number of hydrogen-bond donors (Lipinski definition) is 6. The molecule has 5 heterocycles. The summed E-state index contributed by atoms with van der Waals surface area (Å²) in [5.41, 5.74) is 7.70. The smallest absolute Gasteiger partial charge is 0.415 e. The highest BCUT2D eigenvalue weighted by atomic mass is 16.6. The number of fused-ring (bicyclic) bond motifs is 5. The zero-order valence-electron chi connectivity index (χ0n) is 43.6. The van der Waals surface area contributed by atoms with Gasteiger partial charge in [0, 0.05) is 54.8 Å². The first-order valence-electron chi connectivity index (χ1n) is 25.3. The molecule has 1 fully saturated rings. The van der Waals surface area contributed by atoms with Crippen LogP contribution in [0.1, 0.15) is 88.6 Å². The van der Waals surface area contributed by atoms with Gasteiger partial charge in [0.2, 0.25) is 17.7 Å². The van der Waals surface area contributed by atoms with E-state index in [1.807, 2.05) is 6.92 Å². The molecule has 23 heteroatoms. The molecule has 0 bridgehead atoms. The number of aryl methyl sites for hydroxylation is 1. The van der Waals surface area contributed by atoms with E-state index in [0.717, 1.165) is 16.5 Å². The number of nitrogens with two attached hydrogens (primary N) is 1. The number of ketones is 1. The van der Waals surface area contributed by atoms with Crippen LogP contribution >= 0.6 is 0 Å². The summed E-state index contributed by atoms with van der Waals surface area (Å²) in [6.45, 7) is 10.2. The van der Waals surface area contributed by atoms with Crippen LogP contribution in [0.2, 0.25) is 0 Å². The van der Waals surface area contributed by atoms with Gasteiger partial charge in [0.25, 0.3) is 5.56 Å². The Labute approximate surface area is 438 Å². The maximum absolute atomic E-state index is 13.7. The Bertz CT molecular complexity index is 2990. The highest BCUT2D eigenvalue weighted by Crippen LogP contribution is 2.41. The summed E-state index contributed by atoms with van der Waals surface area (Å²) in [5.74, 6) is -3.17. The Morgan fingerprint density at radius 1 is 0.947 bits per heavy atom. The SMILES string of the molecule is CCc1c2c(nc3ccc(OC(=O)N(C)C4CN(C(=O)OCc5ccc(NC(=O)[C@H](CCCNC(N)=O)NC(=O)[C@@H](NC(=O)COCC(=O)C(C)C)C(C)C)cc5)C4)cc13)-c1cc3c(c(=O)n1C2)COC(=O)[C@]3(O)CC. The van der Waals surface area contributed by atoms with E-state index in [0.29, 0.717) is 34.6 Å². The lowest BCUT2D eigenvalue weighted by Crippen LogP contribution is -2.61. The van der Waals surface area contributed by atoms with E-state index in [4.69, 9.17) is 29.7 Å². The Kier molecular flexibility index (Phi) is 17.4. The molecular formula is C53H65N9O14. The van der Waals surface area contributed by atoms with Crippen molar-refractivity contribution in [2.24, 2.45) is 17.6 Å².